The Kier molecular flexibility index (Phi) is 4.92. The molecule has 2 N–H and O–H groups in total. The molecule has 0 radical (unpaired) electrons. The maximum absolute atomic E-state index is 13.1. The van der Waals surface area contributed by atoms with Crippen LogP contribution in [0.4, 0.5) is 13.2 Å². The molecular weight excluding hydrogens is 453 g/mol. The van der Waals surface area contributed by atoms with Gasteiger partial charge in [-0.05, 0) is 48.9 Å². The second kappa shape index (κ2) is 7.37. The maximum Gasteiger partial charge on any atom is 0.573 e. The van der Waals surface area contributed by atoms with E-state index in [-0.39, 0.29) is 26.8 Å². The summed E-state index contributed by atoms with van der Waals surface area (Å²) in [6.45, 7) is 1.56. The number of carboxylic acids is 1. The number of ether oxygens (including phenoxy) is 1. The highest BCUT2D eigenvalue weighted by molar-refractivity contribution is 7.91. The Morgan fingerprint density at radius 1 is 1.19 bits per heavy atom. The predicted molar refractivity (Wildman–Crippen MR) is 103 cm³/mol. The molecule has 13 heteroatoms. The number of hydrogen-bond acceptors (Lipinski definition) is 6. The molecule has 0 amide bonds. The van der Waals surface area contributed by atoms with Gasteiger partial charge >= 0.3 is 12.3 Å². The van der Waals surface area contributed by atoms with E-state index in [4.69, 9.17) is 5.11 Å². The Hall–Kier alpha value is -3.87. The lowest BCUT2D eigenvalue weighted by Gasteiger charge is -2.11. The molecule has 0 spiro atoms. The Bertz CT molecular complexity index is 1440. The number of nitrogens with one attached hydrogen (secondary N) is 1. The summed E-state index contributed by atoms with van der Waals surface area (Å²) in [5, 5.41) is 12.9. The Morgan fingerprint density at radius 3 is 2.47 bits per heavy atom. The van der Waals surface area contributed by atoms with Crippen molar-refractivity contribution < 1.29 is 36.2 Å². The molecule has 0 atom stereocenters. The molecule has 0 fully saturated rings. The topological polar surface area (TPSA) is 127 Å². The number of rotatable bonds is 5. The van der Waals surface area contributed by atoms with E-state index in [2.05, 4.69) is 19.8 Å². The molecule has 4 aromatic rings. The normalized spacial score (nSPS) is 12.2. The second-order valence-electron chi connectivity index (χ2n) is 6.70. The molecule has 32 heavy (non-hydrogen) atoms. The molecular formula is C19H13F3N4O5S. The van der Waals surface area contributed by atoms with Crippen molar-refractivity contribution in [1.29, 1.82) is 0 Å². The van der Waals surface area contributed by atoms with Crippen molar-refractivity contribution in [3.63, 3.8) is 0 Å². The third-order valence-electron chi connectivity index (χ3n) is 4.47. The Balaban J connectivity index is 1.71. The largest absolute Gasteiger partial charge is 0.573 e. The number of fused-ring (bicyclic) bond motifs is 1. The quantitative estimate of drug-likeness (QED) is 0.461. The minimum Gasteiger partial charge on any atom is -0.478 e. The summed E-state index contributed by atoms with van der Waals surface area (Å²) in [5.74, 6) is -1.53. The average molecular weight is 466 g/mol. The number of carbonyl (C=O) groups is 1. The average Bonchev–Trinajstić information content (AvgIpc) is 3.33. The van der Waals surface area contributed by atoms with Crippen LogP contribution in [0.2, 0.25) is 0 Å². The van der Waals surface area contributed by atoms with Gasteiger partial charge in [0.05, 0.1) is 32.6 Å². The van der Waals surface area contributed by atoms with E-state index in [0.29, 0.717) is 11.1 Å². The third kappa shape index (κ3) is 4.01. The highest BCUT2D eigenvalue weighted by Gasteiger charge is 2.31. The van der Waals surface area contributed by atoms with Crippen LogP contribution in [0, 0.1) is 6.92 Å². The van der Waals surface area contributed by atoms with Gasteiger partial charge in [-0.1, -0.05) is 0 Å². The fourth-order valence-corrected chi connectivity index (χ4v) is 4.52. The molecule has 0 aliphatic heterocycles. The fourth-order valence-electron chi connectivity index (χ4n) is 3.03. The van der Waals surface area contributed by atoms with E-state index in [9.17, 15) is 26.4 Å². The van der Waals surface area contributed by atoms with Crippen molar-refractivity contribution in [3.8, 4) is 11.7 Å². The first-order valence-corrected chi connectivity index (χ1v) is 10.3. The monoisotopic (exact) mass is 466 g/mol. The number of benzene rings is 2. The molecule has 0 saturated heterocycles. The summed E-state index contributed by atoms with van der Waals surface area (Å²) >= 11 is 0. The number of aryl methyl sites for hydroxylation is 1. The number of imidazole rings is 1. The predicted octanol–water partition coefficient (Wildman–Crippen LogP) is 3.49. The van der Waals surface area contributed by atoms with Crippen molar-refractivity contribution in [2.24, 2.45) is 0 Å². The lowest BCUT2D eigenvalue weighted by Crippen LogP contribution is -2.17. The van der Waals surface area contributed by atoms with Crippen molar-refractivity contribution in [3.05, 3.63) is 59.9 Å². The van der Waals surface area contributed by atoms with Gasteiger partial charge in [0.2, 0.25) is 15.8 Å². The van der Waals surface area contributed by atoms with E-state index in [1.807, 2.05) is 0 Å². The summed E-state index contributed by atoms with van der Waals surface area (Å²) in [4.78, 5) is 17.9. The summed E-state index contributed by atoms with van der Waals surface area (Å²) in [6.07, 6.45) is -2.50. The van der Waals surface area contributed by atoms with E-state index in [1.165, 1.54) is 16.9 Å². The zero-order valence-corrected chi connectivity index (χ0v) is 16.9. The van der Waals surface area contributed by atoms with Gasteiger partial charge in [0.1, 0.15) is 5.75 Å². The van der Waals surface area contributed by atoms with Crippen LogP contribution in [0.1, 0.15) is 15.9 Å². The molecule has 0 bridgehead atoms. The number of aromatic carboxylic acids is 1. The number of alkyl halides is 3. The van der Waals surface area contributed by atoms with Gasteiger partial charge in [-0.2, -0.15) is 5.10 Å². The number of carboxylic acid groups (broad SMARTS) is 1. The molecule has 0 saturated carbocycles. The van der Waals surface area contributed by atoms with E-state index in [0.717, 1.165) is 30.5 Å². The molecule has 0 unspecified atom stereocenters. The molecule has 0 aliphatic carbocycles. The SMILES string of the molecule is Cc1cc2[nH]c(-n3cc(C(=O)O)cn3)nc2cc1S(=O)(=O)c1ccc(OC(F)(F)F)cc1. The third-order valence-corrected chi connectivity index (χ3v) is 6.38. The molecule has 2 heterocycles. The Labute approximate surface area is 178 Å². The number of halogens is 3. The lowest BCUT2D eigenvalue weighted by molar-refractivity contribution is -0.274. The van der Waals surface area contributed by atoms with Gasteiger partial charge in [0, 0.05) is 6.20 Å². The summed E-state index contributed by atoms with van der Waals surface area (Å²) < 4.78 is 68.1. The van der Waals surface area contributed by atoms with Crippen molar-refractivity contribution in [2.75, 3.05) is 0 Å². The van der Waals surface area contributed by atoms with E-state index < -0.39 is 27.9 Å². The maximum atomic E-state index is 13.1. The van der Waals surface area contributed by atoms with Gasteiger partial charge in [0.25, 0.3) is 0 Å². The van der Waals surface area contributed by atoms with Gasteiger partial charge in [-0.15, -0.1) is 13.2 Å². The smallest absolute Gasteiger partial charge is 0.478 e. The van der Waals surface area contributed by atoms with Crippen molar-refractivity contribution >= 4 is 26.8 Å². The summed E-state index contributed by atoms with van der Waals surface area (Å²) in [7, 11) is -4.07. The molecule has 0 aliphatic rings. The minimum atomic E-state index is -4.89. The zero-order chi connectivity index (χ0) is 23.3. The van der Waals surface area contributed by atoms with Crippen LogP contribution in [-0.2, 0) is 9.84 Å². The molecule has 2 aromatic heterocycles. The number of hydrogen-bond donors (Lipinski definition) is 2. The number of aromatic amines is 1. The van der Waals surface area contributed by atoms with Gasteiger partial charge < -0.3 is 14.8 Å². The van der Waals surface area contributed by atoms with Gasteiger partial charge in [-0.3, -0.25) is 0 Å². The summed E-state index contributed by atoms with van der Waals surface area (Å²) in [5.41, 5.74) is 1.07. The van der Waals surface area contributed by atoms with Crippen molar-refractivity contribution in [2.45, 2.75) is 23.1 Å². The van der Waals surface area contributed by atoms with E-state index in [1.54, 1.807) is 13.0 Å². The van der Waals surface area contributed by atoms with Gasteiger partial charge in [-0.25, -0.2) is 22.9 Å². The number of H-pyrrole nitrogens is 1. The Morgan fingerprint density at radius 2 is 1.88 bits per heavy atom. The highest BCUT2D eigenvalue weighted by atomic mass is 32.2. The first-order valence-electron chi connectivity index (χ1n) is 8.84. The van der Waals surface area contributed by atoms with Crippen LogP contribution in [0.15, 0.2) is 58.6 Å². The minimum absolute atomic E-state index is 0.0529. The van der Waals surface area contributed by atoms with E-state index >= 15 is 0 Å². The van der Waals surface area contributed by atoms with Gasteiger partial charge in [0.15, 0.2) is 0 Å². The first kappa shape index (κ1) is 21.4. The van der Waals surface area contributed by atoms with Crippen LogP contribution in [0.25, 0.3) is 17.0 Å². The molecule has 4 rings (SSSR count). The molecule has 166 valence electrons. The second-order valence-corrected chi connectivity index (χ2v) is 8.61. The lowest BCUT2D eigenvalue weighted by atomic mass is 10.2. The van der Waals surface area contributed by atoms with Crippen LogP contribution in [0.3, 0.4) is 0 Å². The number of aromatic nitrogens is 4. The highest BCUT2D eigenvalue weighted by Crippen LogP contribution is 2.30. The number of nitrogens with zero attached hydrogens (tertiary/aromatic N) is 3. The van der Waals surface area contributed by atoms with Crippen LogP contribution in [-0.4, -0.2) is 45.6 Å². The van der Waals surface area contributed by atoms with Crippen LogP contribution >= 0.6 is 0 Å². The van der Waals surface area contributed by atoms with Crippen molar-refractivity contribution in [1.82, 2.24) is 19.7 Å². The standard InChI is InChI=1S/C19H13F3N4O5S/c1-10-6-14-15(25-18(24-14)26-9-11(8-23-26)17(27)28)7-16(10)32(29,30)13-4-2-12(3-5-13)31-19(20,21)22/h2-9H,1H3,(H,24,25)(H,27,28). The molecule has 9 nitrogen and oxygen atoms in total. The zero-order valence-electron chi connectivity index (χ0n) is 16.1. The fraction of sp³-hybridized carbons (Fsp3) is 0.105. The number of sulfone groups is 1. The van der Waals surface area contributed by atoms with Crippen LogP contribution < -0.4 is 4.74 Å². The summed E-state index contributed by atoms with van der Waals surface area (Å²) in [6, 6.07) is 6.74. The van der Waals surface area contributed by atoms with Crippen LogP contribution in [0.5, 0.6) is 5.75 Å². The first-order chi connectivity index (χ1) is 14.9. The molecule has 2 aromatic carbocycles.